The highest BCUT2D eigenvalue weighted by atomic mass is 16.5. The van der Waals surface area contributed by atoms with E-state index in [9.17, 15) is 4.79 Å². The number of ether oxygens (including phenoxy) is 1. The Labute approximate surface area is 132 Å². The monoisotopic (exact) mass is 307 g/mol. The Bertz CT molecular complexity index is 859. The van der Waals surface area contributed by atoms with Crippen LogP contribution < -0.4 is 10.1 Å². The summed E-state index contributed by atoms with van der Waals surface area (Å²) in [6.07, 6.45) is 3.39. The summed E-state index contributed by atoms with van der Waals surface area (Å²) in [5, 5.41) is 6.74. The molecule has 23 heavy (non-hydrogen) atoms. The van der Waals surface area contributed by atoms with Gasteiger partial charge in [0, 0.05) is 18.9 Å². The topological polar surface area (TPSA) is 77.3 Å². The molecule has 114 valence electrons. The summed E-state index contributed by atoms with van der Waals surface area (Å²) in [6, 6.07) is 11.2. The van der Waals surface area contributed by atoms with Crippen molar-refractivity contribution in [1.29, 1.82) is 0 Å². The molecule has 0 radical (unpaired) electrons. The van der Waals surface area contributed by atoms with Gasteiger partial charge in [0.2, 0.25) is 0 Å². The molecule has 4 rings (SSSR count). The fourth-order valence-electron chi connectivity index (χ4n) is 2.53. The minimum absolute atomic E-state index is 0.262. The van der Waals surface area contributed by atoms with Gasteiger partial charge in [-0.3, -0.25) is 9.78 Å². The van der Waals surface area contributed by atoms with Crippen molar-refractivity contribution in [3.8, 4) is 17.1 Å². The second-order valence-corrected chi connectivity index (χ2v) is 5.17. The standard InChI is InChI=1S/C17H13N3O3/c21-17(19-9-11-4-3-7-18-8-11)15-13-10-22-14-6-2-1-5-12(14)16(13)23-20-15/h1-8H,9-10H2,(H,19,21). The summed E-state index contributed by atoms with van der Waals surface area (Å²) in [7, 11) is 0. The molecule has 0 unspecified atom stereocenters. The molecular weight excluding hydrogens is 294 g/mol. The van der Waals surface area contributed by atoms with E-state index in [1.807, 2.05) is 36.4 Å². The van der Waals surface area contributed by atoms with Crippen molar-refractivity contribution in [2.24, 2.45) is 0 Å². The first-order chi connectivity index (χ1) is 11.3. The molecule has 1 aromatic carbocycles. The van der Waals surface area contributed by atoms with E-state index in [1.165, 1.54) is 0 Å². The molecule has 3 heterocycles. The van der Waals surface area contributed by atoms with E-state index in [1.54, 1.807) is 12.4 Å². The average molecular weight is 307 g/mol. The largest absolute Gasteiger partial charge is 0.488 e. The van der Waals surface area contributed by atoms with Crippen LogP contribution in [0.15, 0.2) is 53.3 Å². The lowest BCUT2D eigenvalue weighted by Gasteiger charge is -2.15. The van der Waals surface area contributed by atoms with Gasteiger partial charge < -0.3 is 14.6 Å². The quantitative estimate of drug-likeness (QED) is 0.804. The number of fused-ring (bicyclic) bond motifs is 3. The summed E-state index contributed by atoms with van der Waals surface area (Å²) in [4.78, 5) is 16.4. The predicted molar refractivity (Wildman–Crippen MR) is 81.7 cm³/mol. The third-order valence-electron chi connectivity index (χ3n) is 3.68. The number of hydrogen-bond acceptors (Lipinski definition) is 5. The van der Waals surface area contributed by atoms with Crippen molar-refractivity contribution in [3.05, 3.63) is 65.6 Å². The second kappa shape index (κ2) is 5.57. The molecule has 0 bridgehead atoms. The van der Waals surface area contributed by atoms with Gasteiger partial charge in [0.25, 0.3) is 5.91 Å². The molecule has 3 aromatic rings. The maximum atomic E-state index is 12.4. The van der Waals surface area contributed by atoms with Crippen LogP contribution >= 0.6 is 0 Å². The number of benzene rings is 1. The zero-order valence-corrected chi connectivity index (χ0v) is 12.2. The highest BCUT2D eigenvalue weighted by Crippen LogP contribution is 2.38. The minimum Gasteiger partial charge on any atom is -0.488 e. The average Bonchev–Trinajstić information content (AvgIpc) is 3.05. The van der Waals surface area contributed by atoms with Gasteiger partial charge in [0.1, 0.15) is 12.4 Å². The maximum Gasteiger partial charge on any atom is 0.274 e. The maximum absolute atomic E-state index is 12.4. The molecule has 1 amide bonds. The van der Waals surface area contributed by atoms with Gasteiger partial charge in [0.05, 0.1) is 11.1 Å². The van der Waals surface area contributed by atoms with Crippen molar-refractivity contribution in [3.63, 3.8) is 0 Å². The van der Waals surface area contributed by atoms with Crippen LogP contribution in [0.5, 0.6) is 5.75 Å². The number of nitrogens with zero attached hydrogens (tertiary/aromatic N) is 2. The van der Waals surface area contributed by atoms with E-state index >= 15 is 0 Å². The molecule has 0 saturated heterocycles. The number of amides is 1. The minimum atomic E-state index is -0.290. The Morgan fingerprint density at radius 1 is 1.22 bits per heavy atom. The SMILES string of the molecule is O=C(NCc1cccnc1)c1noc2c1COc1ccccc1-2. The van der Waals surface area contributed by atoms with Crippen molar-refractivity contribution in [2.45, 2.75) is 13.2 Å². The van der Waals surface area contributed by atoms with E-state index < -0.39 is 0 Å². The Kier molecular flexibility index (Phi) is 3.27. The summed E-state index contributed by atoms with van der Waals surface area (Å²) in [5.74, 6) is 1.04. The first-order valence-electron chi connectivity index (χ1n) is 7.21. The number of pyridine rings is 1. The molecule has 1 N–H and O–H groups in total. The molecule has 6 nitrogen and oxygen atoms in total. The van der Waals surface area contributed by atoms with Crippen LogP contribution in [0.3, 0.4) is 0 Å². The smallest absolute Gasteiger partial charge is 0.274 e. The van der Waals surface area contributed by atoms with E-state index in [-0.39, 0.29) is 18.2 Å². The molecule has 0 fully saturated rings. The number of carbonyl (C=O) groups is 1. The van der Waals surface area contributed by atoms with Crippen LogP contribution in [-0.4, -0.2) is 16.0 Å². The lowest BCUT2D eigenvalue weighted by molar-refractivity contribution is 0.0940. The summed E-state index contributed by atoms with van der Waals surface area (Å²) in [5.41, 5.74) is 2.66. The van der Waals surface area contributed by atoms with Gasteiger partial charge in [-0.05, 0) is 23.8 Å². The molecular formula is C17H13N3O3. The Morgan fingerprint density at radius 2 is 2.13 bits per heavy atom. The summed E-state index contributed by atoms with van der Waals surface area (Å²) < 4.78 is 11.1. The van der Waals surface area contributed by atoms with E-state index in [2.05, 4.69) is 15.5 Å². The second-order valence-electron chi connectivity index (χ2n) is 5.17. The molecule has 0 spiro atoms. The fourth-order valence-corrected chi connectivity index (χ4v) is 2.53. The van der Waals surface area contributed by atoms with Gasteiger partial charge in [0.15, 0.2) is 11.5 Å². The van der Waals surface area contributed by atoms with Crippen molar-refractivity contribution >= 4 is 5.91 Å². The summed E-state index contributed by atoms with van der Waals surface area (Å²) >= 11 is 0. The van der Waals surface area contributed by atoms with E-state index in [4.69, 9.17) is 9.26 Å². The zero-order valence-electron chi connectivity index (χ0n) is 12.2. The van der Waals surface area contributed by atoms with E-state index in [0.717, 1.165) is 16.9 Å². The normalized spacial score (nSPS) is 12.0. The van der Waals surface area contributed by atoms with Gasteiger partial charge in [-0.15, -0.1) is 0 Å². The third-order valence-corrected chi connectivity index (χ3v) is 3.68. The zero-order chi connectivity index (χ0) is 15.6. The van der Waals surface area contributed by atoms with Crippen molar-refractivity contribution in [1.82, 2.24) is 15.5 Å². The Morgan fingerprint density at radius 3 is 3.00 bits per heavy atom. The van der Waals surface area contributed by atoms with Gasteiger partial charge in [-0.1, -0.05) is 23.4 Å². The number of nitrogens with one attached hydrogen (secondary N) is 1. The van der Waals surface area contributed by atoms with Crippen LogP contribution in [0, 0.1) is 0 Å². The lowest BCUT2D eigenvalue weighted by Crippen LogP contribution is -2.25. The molecule has 0 atom stereocenters. The Balaban J connectivity index is 1.57. The first kappa shape index (κ1) is 13.5. The highest BCUT2D eigenvalue weighted by Gasteiger charge is 2.28. The van der Waals surface area contributed by atoms with Crippen molar-refractivity contribution in [2.75, 3.05) is 0 Å². The first-order valence-corrected chi connectivity index (χ1v) is 7.21. The number of rotatable bonds is 3. The third kappa shape index (κ3) is 2.44. The lowest BCUT2D eigenvalue weighted by atomic mass is 10.0. The number of hydrogen-bond donors (Lipinski definition) is 1. The van der Waals surface area contributed by atoms with Gasteiger partial charge in [-0.2, -0.15) is 0 Å². The fraction of sp³-hybridized carbons (Fsp3) is 0.118. The molecule has 1 aliphatic heterocycles. The number of carbonyl (C=O) groups excluding carboxylic acids is 1. The molecule has 2 aromatic heterocycles. The number of aromatic nitrogens is 2. The molecule has 6 heteroatoms. The highest BCUT2D eigenvalue weighted by molar-refractivity contribution is 5.95. The van der Waals surface area contributed by atoms with Crippen LogP contribution in [0.4, 0.5) is 0 Å². The molecule has 0 saturated carbocycles. The van der Waals surface area contributed by atoms with Crippen LogP contribution in [-0.2, 0) is 13.2 Å². The molecule has 0 aliphatic carbocycles. The summed E-state index contributed by atoms with van der Waals surface area (Å²) in [6.45, 7) is 0.650. The number of para-hydroxylation sites is 1. The van der Waals surface area contributed by atoms with E-state index in [0.29, 0.717) is 17.9 Å². The molecule has 1 aliphatic rings. The van der Waals surface area contributed by atoms with Gasteiger partial charge >= 0.3 is 0 Å². The van der Waals surface area contributed by atoms with Gasteiger partial charge in [-0.25, -0.2) is 0 Å². The predicted octanol–water partition coefficient (Wildman–Crippen LogP) is 2.56. The van der Waals surface area contributed by atoms with Crippen LogP contribution in [0.25, 0.3) is 11.3 Å². The van der Waals surface area contributed by atoms with Crippen LogP contribution in [0.2, 0.25) is 0 Å². The van der Waals surface area contributed by atoms with Crippen LogP contribution in [0.1, 0.15) is 21.6 Å². The van der Waals surface area contributed by atoms with Crippen molar-refractivity contribution < 1.29 is 14.1 Å². The Hall–Kier alpha value is -3.15.